The van der Waals surface area contributed by atoms with Gasteiger partial charge < -0.3 is 37.0 Å². The molecular formula is C18H32N4O8S. The minimum atomic E-state index is -1.36. The molecular weight excluding hydrogens is 432 g/mol. The van der Waals surface area contributed by atoms with Gasteiger partial charge >= 0.3 is 11.9 Å². The molecule has 0 spiro atoms. The summed E-state index contributed by atoms with van der Waals surface area (Å²) >= 11 is 3.98. The number of carboxylic acids is 2. The standard InChI is InChI=1S/C18H32N4O8S/c1-8(2)6-11(18(29)30)21-15(26)10(4-5-13(24)25)20-16(27)12(7-31)22-17(28)14(19)9(3)23/h8-12,14,23,31H,4-7,19H2,1-3H3,(H,20,27)(H,21,26)(H,22,28)(H,24,25)(H,29,30). The number of aliphatic hydroxyl groups is 1. The molecule has 0 saturated heterocycles. The summed E-state index contributed by atoms with van der Waals surface area (Å²) in [7, 11) is 0. The quantitative estimate of drug-likeness (QED) is 0.134. The van der Waals surface area contributed by atoms with E-state index in [1.165, 1.54) is 6.92 Å². The molecule has 5 unspecified atom stereocenters. The van der Waals surface area contributed by atoms with Crippen molar-refractivity contribution in [2.75, 3.05) is 5.75 Å². The smallest absolute Gasteiger partial charge is 0.326 e. The van der Waals surface area contributed by atoms with Gasteiger partial charge in [-0.2, -0.15) is 12.6 Å². The fraction of sp³-hybridized carbons (Fsp3) is 0.722. The summed E-state index contributed by atoms with van der Waals surface area (Å²) in [6.45, 7) is 4.83. The van der Waals surface area contributed by atoms with Crippen LogP contribution in [-0.4, -0.2) is 81.0 Å². The summed E-state index contributed by atoms with van der Waals surface area (Å²) in [5, 5.41) is 34.5. The van der Waals surface area contributed by atoms with Crippen molar-refractivity contribution >= 4 is 42.3 Å². The molecule has 0 aromatic carbocycles. The molecule has 12 nitrogen and oxygen atoms in total. The van der Waals surface area contributed by atoms with E-state index in [1.54, 1.807) is 13.8 Å². The lowest BCUT2D eigenvalue weighted by Crippen LogP contribution is -2.58. The number of nitrogens with two attached hydrogens (primary N) is 1. The number of hydrogen-bond donors (Lipinski definition) is 8. The molecule has 0 aliphatic heterocycles. The maximum atomic E-state index is 12.6. The Balaban J connectivity index is 5.36. The van der Waals surface area contributed by atoms with Gasteiger partial charge in [0.15, 0.2) is 0 Å². The number of rotatable bonds is 14. The van der Waals surface area contributed by atoms with E-state index in [4.69, 9.17) is 10.8 Å². The minimum Gasteiger partial charge on any atom is -0.481 e. The molecule has 0 bridgehead atoms. The Morgan fingerprint density at radius 1 is 0.871 bits per heavy atom. The maximum Gasteiger partial charge on any atom is 0.326 e. The summed E-state index contributed by atoms with van der Waals surface area (Å²) in [4.78, 5) is 59.4. The first-order chi connectivity index (χ1) is 14.3. The zero-order chi connectivity index (χ0) is 24.3. The molecule has 3 amide bonds. The average molecular weight is 465 g/mol. The molecule has 0 aliphatic rings. The number of carbonyl (C=O) groups is 5. The van der Waals surface area contributed by atoms with Gasteiger partial charge in [0.1, 0.15) is 24.2 Å². The van der Waals surface area contributed by atoms with Crippen molar-refractivity contribution in [3.05, 3.63) is 0 Å². The van der Waals surface area contributed by atoms with E-state index in [2.05, 4.69) is 28.6 Å². The van der Waals surface area contributed by atoms with Crippen molar-refractivity contribution in [1.82, 2.24) is 16.0 Å². The highest BCUT2D eigenvalue weighted by Crippen LogP contribution is 2.07. The minimum absolute atomic E-state index is 0.0460. The summed E-state index contributed by atoms with van der Waals surface area (Å²) < 4.78 is 0. The van der Waals surface area contributed by atoms with Crippen molar-refractivity contribution in [3.63, 3.8) is 0 Å². The van der Waals surface area contributed by atoms with Gasteiger partial charge in [-0.3, -0.25) is 19.2 Å². The largest absolute Gasteiger partial charge is 0.481 e. The highest BCUT2D eigenvalue weighted by molar-refractivity contribution is 7.80. The van der Waals surface area contributed by atoms with Gasteiger partial charge in [-0.15, -0.1) is 0 Å². The van der Waals surface area contributed by atoms with Gasteiger partial charge in [-0.25, -0.2) is 4.79 Å². The van der Waals surface area contributed by atoms with Crippen molar-refractivity contribution in [2.45, 2.75) is 70.3 Å². The molecule has 0 rings (SSSR count). The number of amides is 3. The van der Waals surface area contributed by atoms with Crippen molar-refractivity contribution < 1.29 is 39.3 Å². The van der Waals surface area contributed by atoms with Crippen LogP contribution in [0.25, 0.3) is 0 Å². The van der Waals surface area contributed by atoms with Crippen LogP contribution < -0.4 is 21.7 Å². The predicted octanol–water partition coefficient (Wildman–Crippen LogP) is -1.93. The van der Waals surface area contributed by atoms with Gasteiger partial charge in [-0.1, -0.05) is 13.8 Å². The highest BCUT2D eigenvalue weighted by Gasteiger charge is 2.31. The molecule has 0 fully saturated rings. The van der Waals surface area contributed by atoms with Crippen molar-refractivity contribution in [3.8, 4) is 0 Å². The first-order valence-corrected chi connectivity index (χ1v) is 10.3. The van der Waals surface area contributed by atoms with Crippen LogP contribution in [0.4, 0.5) is 0 Å². The lowest BCUT2D eigenvalue weighted by Gasteiger charge is -2.25. The SMILES string of the molecule is CC(C)CC(NC(=O)C(CCC(=O)O)NC(=O)C(CS)NC(=O)C(N)C(C)O)C(=O)O. The van der Waals surface area contributed by atoms with Crippen LogP contribution in [-0.2, 0) is 24.0 Å². The zero-order valence-electron chi connectivity index (χ0n) is 17.7. The van der Waals surface area contributed by atoms with Gasteiger partial charge in [0.05, 0.1) is 6.10 Å². The van der Waals surface area contributed by atoms with Crippen LogP contribution in [0, 0.1) is 5.92 Å². The fourth-order valence-electron chi connectivity index (χ4n) is 2.46. The third-order valence-corrected chi connectivity index (χ3v) is 4.60. The van der Waals surface area contributed by atoms with Crippen LogP contribution in [0.5, 0.6) is 0 Å². The number of aliphatic carboxylic acids is 2. The Bertz CT molecular complexity index is 658. The number of aliphatic hydroxyl groups excluding tert-OH is 1. The van der Waals surface area contributed by atoms with E-state index in [0.717, 1.165) is 0 Å². The summed E-state index contributed by atoms with van der Waals surface area (Å²) in [5.41, 5.74) is 5.51. The third kappa shape index (κ3) is 11.0. The number of carbonyl (C=O) groups excluding carboxylic acids is 3. The predicted molar refractivity (Wildman–Crippen MR) is 113 cm³/mol. The first kappa shape index (κ1) is 28.6. The maximum absolute atomic E-state index is 12.6. The summed E-state index contributed by atoms with van der Waals surface area (Å²) in [6.07, 6.45) is -1.81. The first-order valence-electron chi connectivity index (χ1n) is 9.70. The molecule has 178 valence electrons. The van der Waals surface area contributed by atoms with Crippen molar-refractivity contribution in [2.24, 2.45) is 11.7 Å². The highest BCUT2D eigenvalue weighted by atomic mass is 32.1. The molecule has 0 radical (unpaired) electrons. The lowest BCUT2D eigenvalue weighted by atomic mass is 10.0. The molecule has 31 heavy (non-hydrogen) atoms. The van der Waals surface area contributed by atoms with E-state index in [9.17, 15) is 34.2 Å². The Hall–Kier alpha value is -2.38. The summed E-state index contributed by atoms with van der Waals surface area (Å²) in [5.74, 6) is -5.24. The summed E-state index contributed by atoms with van der Waals surface area (Å²) in [6, 6.07) is -5.11. The van der Waals surface area contributed by atoms with E-state index in [0.29, 0.717) is 0 Å². The average Bonchev–Trinajstić information content (AvgIpc) is 2.66. The van der Waals surface area contributed by atoms with Crippen LogP contribution in [0.2, 0.25) is 0 Å². The van der Waals surface area contributed by atoms with Crippen LogP contribution in [0.15, 0.2) is 0 Å². The molecule has 8 N–H and O–H groups in total. The van der Waals surface area contributed by atoms with E-state index in [-0.39, 0.29) is 24.5 Å². The number of carboxylic acid groups (broad SMARTS) is 2. The number of thiol groups is 1. The van der Waals surface area contributed by atoms with Crippen LogP contribution in [0.1, 0.15) is 40.0 Å². The van der Waals surface area contributed by atoms with Gasteiger partial charge in [-0.05, 0) is 25.7 Å². The molecule has 0 heterocycles. The van der Waals surface area contributed by atoms with Crippen LogP contribution >= 0.6 is 12.6 Å². The second-order valence-corrected chi connectivity index (χ2v) is 7.90. The number of nitrogens with one attached hydrogen (secondary N) is 3. The lowest BCUT2D eigenvalue weighted by molar-refractivity contribution is -0.143. The molecule has 13 heteroatoms. The Morgan fingerprint density at radius 2 is 1.35 bits per heavy atom. The second kappa shape index (κ2) is 13.8. The molecule has 0 aromatic rings. The number of hydrogen-bond acceptors (Lipinski definition) is 8. The van der Waals surface area contributed by atoms with Gasteiger partial charge in [0.25, 0.3) is 0 Å². The van der Waals surface area contributed by atoms with E-state index in [1.807, 2.05) is 0 Å². The Labute approximate surface area is 185 Å². The third-order valence-electron chi connectivity index (χ3n) is 4.24. The monoisotopic (exact) mass is 464 g/mol. The molecule has 0 saturated carbocycles. The normalized spacial score (nSPS) is 15.8. The topological polar surface area (TPSA) is 208 Å². The van der Waals surface area contributed by atoms with Crippen LogP contribution in [0.3, 0.4) is 0 Å². The molecule has 0 aromatic heterocycles. The molecule has 0 aliphatic carbocycles. The van der Waals surface area contributed by atoms with Gasteiger partial charge in [0, 0.05) is 12.2 Å². The van der Waals surface area contributed by atoms with E-state index >= 15 is 0 Å². The zero-order valence-corrected chi connectivity index (χ0v) is 18.6. The van der Waals surface area contributed by atoms with Gasteiger partial charge in [0.2, 0.25) is 17.7 Å². The molecule has 5 atom stereocenters. The Morgan fingerprint density at radius 3 is 1.77 bits per heavy atom. The second-order valence-electron chi connectivity index (χ2n) is 7.53. The fourth-order valence-corrected chi connectivity index (χ4v) is 2.71. The Kier molecular flexibility index (Phi) is 12.8. The van der Waals surface area contributed by atoms with E-state index < -0.39 is 66.4 Å². The van der Waals surface area contributed by atoms with Crippen molar-refractivity contribution in [1.29, 1.82) is 0 Å².